The van der Waals surface area contributed by atoms with E-state index in [4.69, 9.17) is 0 Å². The lowest BCUT2D eigenvalue weighted by Crippen LogP contribution is -2.57. The van der Waals surface area contributed by atoms with Crippen molar-refractivity contribution in [3.8, 4) is 0 Å². The Hall–Kier alpha value is -2.41. The van der Waals surface area contributed by atoms with Crippen molar-refractivity contribution >= 4 is 50.4 Å². The summed E-state index contributed by atoms with van der Waals surface area (Å²) in [6, 6.07) is 5.97. The average Bonchev–Trinajstić information content (AvgIpc) is 3.22. The second-order valence-corrected chi connectivity index (χ2v) is 8.34. The summed E-state index contributed by atoms with van der Waals surface area (Å²) in [6.45, 7) is 7.70. The van der Waals surface area contributed by atoms with Crippen LogP contribution in [-0.4, -0.2) is 28.2 Å². The van der Waals surface area contributed by atoms with Gasteiger partial charge in [-0.15, -0.1) is 0 Å². The molecular weight excluding hydrogens is 420 g/mol. The topological polar surface area (TPSA) is 86.3 Å². The highest BCUT2D eigenvalue weighted by atomic mass is 79.9. The van der Waals surface area contributed by atoms with Gasteiger partial charge in [0.1, 0.15) is 5.71 Å². The number of carbonyl (C=O) groups is 2. The standard InChI is InChI=1S/C21H25BrN4O2/c1-5-13(4)18-19(27)26-21(25-18,12(2)3)20(28)23-9-8-14-11-24-17-7-6-15(22)10-16(14)17/h6-13,24H,5H2,1-4H3,(H,23,28)(H,26,27)/b9-8-/t13-,21+/m1/s1. The van der Waals surface area contributed by atoms with Gasteiger partial charge >= 0.3 is 0 Å². The maximum absolute atomic E-state index is 13.0. The van der Waals surface area contributed by atoms with Crippen LogP contribution in [0.25, 0.3) is 17.0 Å². The summed E-state index contributed by atoms with van der Waals surface area (Å²) in [5, 5.41) is 6.65. The quantitative estimate of drug-likeness (QED) is 0.628. The number of aromatic nitrogens is 1. The Labute approximate surface area is 173 Å². The predicted octanol–water partition coefficient (Wildman–Crippen LogP) is 3.99. The predicted molar refractivity (Wildman–Crippen MR) is 116 cm³/mol. The first kappa shape index (κ1) is 20.3. The number of nitrogens with one attached hydrogen (secondary N) is 3. The molecule has 7 heteroatoms. The molecule has 0 radical (unpaired) electrons. The van der Waals surface area contributed by atoms with Crippen LogP contribution in [0.15, 0.2) is 40.1 Å². The van der Waals surface area contributed by atoms with E-state index in [9.17, 15) is 9.59 Å². The number of carbonyl (C=O) groups excluding carboxylic acids is 2. The first-order chi connectivity index (χ1) is 13.3. The lowest BCUT2D eigenvalue weighted by atomic mass is 9.96. The zero-order valence-corrected chi connectivity index (χ0v) is 18.1. The van der Waals surface area contributed by atoms with Crippen molar-refractivity contribution in [2.24, 2.45) is 16.8 Å². The van der Waals surface area contributed by atoms with Crippen LogP contribution in [0.3, 0.4) is 0 Å². The summed E-state index contributed by atoms with van der Waals surface area (Å²) < 4.78 is 0.984. The monoisotopic (exact) mass is 444 g/mol. The molecule has 2 heterocycles. The fraction of sp³-hybridized carbons (Fsp3) is 0.381. The second-order valence-electron chi connectivity index (χ2n) is 7.42. The number of amides is 2. The van der Waals surface area contributed by atoms with Crippen LogP contribution >= 0.6 is 15.9 Å². The van der Waals surface area contributed by atoms with Crippen molar-refractivity contribution < 1.29 is 9.59 Å². The van der Waals surface area contributed by atoms with Crippen LogP contribution < -0.4 is 10.6 Å². The first-order valence-electron chi connectivity index (χ1n) is 9.45. The Kier molecular flexibility index (Phi) is 5.74. The van der Waals surface area contributed by atoms with E-state index in [1.54, 1.807) is 6.20 Å². The molecule has 0 unspecified atom stereocenters. The molecule has 1 aliphatic heterocycles. The molecule has 1 aliphatic rings. The Morgan fingerprint density at radius 3 is 2.79 bits per heavy atom. The molecule has 0 bridgehead atoms. The molecule has 3 rings (SSSR count). The summed E-state index contributed by atoms with van der Waals surface area (Å²) >= 11 is 3.48. The highest BCUT2D eigenvalue weighted by molar-refractivity contribution is 9.10. The largest absolute Gasteiger partial charge is 0.361 e. The summed E-state index contributed by atoms with van der Waals surface area (Å²) in [6.07, 6.45) is 6.10. The van der Waals surface area contributed by atoms with E-state index in [0.29, 0.717) is 5.71 Å². The molecule has 1 aromatic heterocycles. The van der Waals surface area contributed by atoms with E-state index in [-0.39, 0.29) is 23.7 Å². The molecule has 0 saturated heterocycles. The van der Waals surface area contributed by atoms with Gasteiger partial charge in [-0.2, -0.15) is 0 Å². The van der Waals surface area contributed by atoms with Gasteiger partial charge in [0, 0.05) is 45.2 Å². The third kappa shape index (κ3) is 3.63. The van der Waals surface area contributed by atoms with Gasteiger partial charge in [0.05, 0.1) is 0 Å². The van der Waals surface area contributed by atoms with Gasteiger partial charge in [0.25, 0.3) is 11.8 Å². The van der Waals surface area contributed by atoms with Crippen LogP contribution in [0, 0.1) is 11.8 Å². The molecule has 1 aromatic carbocycles. The van der Waals surface area contributed by atoms with Crippen LogP contribution in [0.4, 0.5) is 0 Å². The Balaban J connectivity index is 1.82. The van der Waals surface area contributed by atoms with Gasteiger partial charge < -0.3 is 15.6 Å². The molecule has 148 valence electrons. The highest BCUT2D eigenvalue weighted by Crippen LogP contribution is 2.27. The number of aliphatic imine (C=N–C) groups is 1. The second kappa shape index (κ2) is 7.91. The van der Waals surface area contributed by atoms with Crippen LogP contribution in [0.2, 0.25) is 0 Å². The fourth-order valence-electron chi connectivity index (χ4n) is 3.25. The van der Waals surface area contributed by atoms with Gasteiger partial charge in [-0.25, -0.2) is 4.99 Å². The number of halogens is 1. The summed E-state index contributed by atoms with van der Waals surface area (Å²) in [7, 11) is 0. The Bertz CT molecular complexity index is 976. The molecule has 2 amide bonds. The number of H-pyrrole nitrogens is 1. The van der Waals surface area contributed by atoms with Gasteiger partial charge in [-0.3, -0.25) is 9.59 Å². The van der Waals surface area contributed by atoms with Crippen molar-refractivity contribution in [3.63, 3.8) is 0 Å². The number of hydrogen-bond donors (Lipinski definition) is 3. The summed E-state index contributed by atoms with van der Waals surface area (Å²) in [4.78, 5) is 33.1. The maximum atomic E-state index is 13.0. The van der Waals surface area contributed by atoms with E-state index >= 15 is 0 Å². The average molecular weight is 445 g/mol. The SMILES string of the molecule is CC[C@@H](C)C1=N[C@@](C(=O)N/C=C\c2c[nH]c3ccc(Br)cc23)(C(C)C)NC1=O. The third-order valence-corrected chi connectivity index (χ3v) is 5.74. The van der Waals surface area contributed by atoms with E-state index in [1.165, 1.54) is 0 Å². The number of nitrogens with zero attached hydrogens (tertiary/aromatic N) is 1. The van der Waals surface area contributed by atoms with Gasteiger partial charge in [0.15, 0.2) is 0 Å². The van der Waals surface area contributed by atoms with Crippen LogP contribution in [0.5, 0.6) is 0 Å². The first-order valence-corrected chi connectivity index (χ1v) is 10.2. The molecule has 28 heavy (non-hydrogen) atoms. The minimum Gasteiger partial charge on any atom is -0.361 e. The summed E-state index contributed by atoms with van der Waals surface area (Å²) in [5.41, 5.74) is 1.13. The van der Waals surface area contributed by atoms with Crippen molar-refractivity contribution in [1.29, 1.82) is 0 Å². The lowest BCUT2D eigenvalue weighted by molar-refractivity contribution is -0.131. The zero-order valence-electron chi connectivity index (χ0n) is 16.5. The van der Waals surface area contributed by atoms with Crippen molar-refractivity contribution in [3.05, 3.63) is 40.6 Å². The number of fused-ring (bicyclic) bond motifs is 1. The van der Waals surface area contributed by atoms with Crippen molar-refractivity contribution in [1.82, 2.24) is 15.6 Å². The number of hydrogen-bond acceptors (Lipinski definition) is 3. The molecule has 0 spiro atoms. The van der Waals surface area contributed by atoms with Crippen molar-refractivity contribution in [2.75, 3.05) is 0 Å². The third-order valence-electron chi connectivity index (χ3n) is 5.25. The Morgan fingerprint density at radius 1 is 1.36 bits per heavy atom. The molecular formula is C21H25BrN4O2. The number of aromatic amines is 1. The van der Waals surface area contributed by atoms with Crippen LogP contribution in [-0.2, 0) is 9.59 Å². The minimum absolute atomic E-state index is 0.00799. The van der Waals surface area contributed by atoms with E-state index < -0.39 is 5.66 Å². The molecule has 0 saturated carbocycles. The minimum atomic E-state index is -1.27. The van der Waals surface area contributed by atoms with E-state index in [2.05, 4.69) is 36.5 Å². The molecule has 2 aromatic rings. The lowest BCUT2D eigenvalue weighted by Gasteiger charge is -2.28. The van der Waals surface area contributed by atoms with Gasteiger partial charge in [-0.05, 0) is 30.7 Å². The van der Waals surface area contributed by atoms with Gasteiger partial charge in [0.2, 0.25) is 5.66 Å². The molecule has 2 atom stereocenters. The Morgan fingerprint density at radius 2 is 2.11 bits per heavy atom. The van der Waals surface area contributed by atoms with Crippen LogP contribution in [0.1, 0.15) is 39.7 Å². The highest BCUT2D eigenvalue weighted by Gasteiger charge is 2.48. The molecule has 6 nitrogen and oxygen atoms in total. The molecule has 0 aliphatic carbocycles. The maximum Gasteiger partial charge on any atom is 0.272 e. The normalized spacial score (nSPS) is 20.6. The zero-order chi connectivity index (χ0) is 20.5. The van der Waals surface area contributed by atoms with Crippen molar-refractivity contribution in [2.45, 2.75) is 39.8 Å². The number of rotatable bonds is 6. The smallest absolute Gasteiger partial charge is 0.272 e. The molecule has 0 fully saturated rings. The van der Waals surface area contributed by atoms with Gasteiger partial charge in [-0.1, -0.05) is 43.6 Å². The number of benzene rings is 1. The summed E-state index contributed by atoms with van der Waals surface area (Å²) in [5.74, 6) is -0.779. The van der Waals surface area contributed by atoms with E-state index in [1.807, 2.05) is 58.2 Å². The molecule has 3 N–H and O–H groups in total. The van der Waals surface area contributed by atoms with E-state index in [0.717, 1.165) is 27.4 Å². The fourth-order valence-corrected chi connectivity index (χ4v) is 3.61.